The molecule has 1 heterocycles. The van der Waals surface area contributed by atoms with Crippen LogP contribution in [0.4, 0.5) is 15.8 Å². The molecular formula is C25H17FN2O. The number of para-hydroxylation sites is 1. The first kappa shape index (κ1) is 17.2. The fourth-order valence-corrected chi connectivity index (χ4v) is 3.70. The van der Waals surface area contributed by atoms with Gasteiger partial charge in [0, 0.05) is 16.6 Å². The number of fused-ring (bicyclic) bond motifs is 3. The molecule has 0 aliphatic rings. The van der Waals surface area contributed by atoms with Gasteiger partial charge in [0.15, 0.2) is 0 Å². The highest BCUT2D eigenvalue weighted by molar-refractivity contribution is 6.11. The Labute approximate surface area is 166 Å². The largest absolute Gasteiger partial charge is 0.355 e. The minimum absolute atomic E-state index is 0.164. The molecule has 0 saturated heterocycles. The Kier molecular flexibility index (Phi) is 4.10. The summed E-state index contributed by atoms with van der Waals surface area (Å²) >= 11 is 0. The van der Waals surface area contributed by atoms with Gasteiger partial charge in [0.25, 0.3) is 5.56 Å². The maximum Gasteiger partial charge on any atom is 0.258 e. The number of aromatic nitrogens is 1. The molecule has 0 radical (unpaired) electrons. The number of rotatable bonds is 3. The summed E-state index contributed by atoms with van der Waals surface area (Å²) in [5.74, 6) is -0.303. The molecule has 0 amide bonds. The third-order valence-corrected chi connectivity index (χ3v) is 5.06. The zero-order chi connectivity index (χ0) is 19.8. The Hall–Kier alpha value is -3.92. The van der Waals surface area contributed by atoms with Crippen LogP contribution < -0.4 is 10.9 Å². The van der Waals surface area contributed by atoms with Gasteiger partial charge in [-0.25, -0.2) is 4.39 Å². The monoisotopic (exact) mass is 380 g/mol. The number of hydrogen-bond donors (Lipinski definition) is 2. The van der Waals surface area contributed by atoms with Crippen molar-refractivity contribution < 1.29 is 4.39 Å². The molecule has 5 rings (SSSR count). The van der Waals surface area contributed by atoms with Crippen LogP contribution in [0, 0.1) is 5.82 Å². The fourth-order valence-electron chi connectivity index (χ4n) is 3.70. The van der Waals surface area contributed by atoms with Crippen molar-refractivity contribution in [1.29, 1.82) is 0 Å². The quantitative estimate of drug-likeness (QED) is 0.364. The van der Waals surface area contributed by atoms with E-state index < -0.39 is 0 Å². The van der Waals surface area contributed by atoms with Crippen LogP contribution in [0.25, 0.3) is 32.8 Å². The highest BCUT2D eigenvalue weighted by Crippen LogP contribution is 2.34. The van der Waals surface area contributed by atoms with E-state index in [0.717, 1.165) is 27.4 Å². The van der Waals surface area contributed by atoms with Crippen molar-refractivity contribution in [3.8, 4) is 11.1 Å². The van der Waals surface area contributed by atoms with E-state index >= 15 is 0 Å². The van der Waals surface area contributed by atoms with Crippen molar-refractivity contribution in [3.63, 3.8) is 0 Å². The lowest BCUT2D eigenvalue weighted by atomic mass is 9.98. The highest BCUT2D eigenvalue weighted by atomic mass is 19.1. The van der Waals surface area contributed by atoms with Crippen LogP contribution in [0.15, 0.2) is 95.8 Å². The molecule has 0 saturated carbocycles. The second kappa shape index (κ2) is 6.91. The topological polar surface area (TPSA) is 44.9 Å². The highest BCUT2D eigenvalue weighted by Gasteiger charge is 2.13. The van der Waals surface area contributed by atoms with Gasteiger partial charge in [0.1, 0.15) is 5.82 Å². The minimum atomic E-state index is -0.303. The van der Waals surface area contributed by atoms with Gasteiger partial charge in [0.2, 0.25) is 0 Å². The summed E-state index contributed by atoms with van der Waals surface area (Å²) in [6.45, 7) is 0. The molecule has 5 aromatic rings. The van der Waals surface area contributed by atoms with Crippen LogP contribution in [0.2, 0.25) is 0 Å². The average molecular weight is 380 g/mol. The lowest BCUT2D eigenvalue weighted by Gasteiger charge is -2.14. The number of anilines is 2. The van der Waals surface area contributed by atoms with Crippen molar-refractivity contribution in [2.75, 3.05) is 5.32 Å². The van der Waals surface area contributed by atoms with E-state index in [1.165, 1.54) is 12.1 Å². The second-order valence-corrected chi connectivity index (χ2v) is 6.94. The molecule has 0 fully saturated rings. The zero-order valence-electron chi connectivity index (χ0n) is 15.4. The molecule has 3 nitrogen and oxygen atoms in total. The van der Waals surface area contributed by atoms with E-state index in [9.17, 15) is 9.18 Å². The van der Waals surface area contributed by atoms with Crippen LogP contribution >= 0.6 is 0 Å². The zero-order valence-corrected chi connectivity index (χ0v) is 15.4. The Morgan fingerprint density at radius 2 is 1.45 bits per heavy atom. The van der Waals surface area contributed by atoms with Crippen molar-refractivity contribution in [2.24, 2.45) is 0 Å². The van der Waals surface area contributed by atoms with Crippen LogP contribution in [-0.4, -0.2) is 4.98 Å². The third kappa shape index (κ3) is 3.15. The van der Waals surface area contributed by atoms with Gasteiger partial charge in [-0.1, -0.05) is 48.5 Å². The fraction of sp³-hybridized carbons (Fsp3) is 0. The Morgan fingerprint density at radius 3 is 2.24 bits per heavy atom. The third-order valence-electron chi connectivity index (χ3n) is 5.06. The molecule has 140 valence electrons. The molecule has 0 atom stereocenters. The van der Waals surface area contributed by atoms with E-state index in [-0.39, 0.29) is 11.4 Å². The molecule has 0 unspecified atom stereocenters. The van der Waals surface area contributed by atoms with Gasteiger partial charge < -0.3 is 10.3 Å². The van der Waals surface area contributed by atoms with Crippen molar-refractivity contribution >= 4 is 33.1 Å². The van der Waals surface area contributed by atoms with Gasteiger partial charge in [-0.05, 0) is 59.0 Å². The molecule has 0 bridgehead atoms. The number of halogens is 1. The van der Waals surface area contributed by atoms with Gasteiger partial charge in [-0.2, -0.15) is 0 Å². The first-order chi connectivity index (χ1) is 14.2. The van der Waals surface area contributed by atoms with E-state index in [0.29, 0.717) is 16.8 Å². The lowest BCUT2D eigenvalue weighted by molar-refractivity contribution is 0.628. The predicted octanol–water partition coefficient (Wildman–Crippen LogP) is 6.23. The SMILES string of the molecule is O=c1[nH]c2ccccc2c2cc(-c3ccccc3)cc(Nc3ccc(F)cc3)c12. The number of H-pyrrole nitrogens is 1. The molecule has 4 heteroatoms. The molecule has 4 aromatic carbocycles. The maximum absolute atomic E-state index is 13.3. The van der Waals surface area contributed by atoms with Gasteiger partial charge >= 0.3 is 0 Å². The van der Waals surface area contributed by atoms with Crippen LogP contribution in [0.1, 0.15) is 0 Å². The maximum atomic E-state index is 13.3. The Bertz CT molecular complexity index is 1390. The van der Waals surface area contributed by atoms with E-state index in [2.05, 4.69) is 16.4 Å². The lowest BCUT2D eigenvalue weighted by Crippen LogP contribution is -2.09. The average Bonchev–Trinajstić information content (AvgIpc) is 2.76. The van der Waals surface area contributed by atoms with Crippen molar-refractivity contribution in [3.05, 3.63) is 107 Å². The molecular weight excluding hydrogens is 363 g/mol. The molecule has 1 aromatic heterocycles. The molecule has 0 aliphatic heterocycles. The molecule has 0 aliphatic carbocycles. The smallest absolute Gasteiger partial charge is 0.258 e. The Balaban J connectivity index is 1.82. The summed E-state index contributed by atoms with van der Waals surface area (Å²) in [4.78, 5) is 15.9. The molecule has 0 spiro atoms. The van der Waals surface area contributed by atoms with Gasteiger partial charge in [-0.15, -0.1) is 0 Å². The van der Waals surface area contributed by atoms with E-state index in [1.54, 1.807) is 12.1 Å². The summed E-state index contributed by atoms with van der Waals surface area (Å²) < 4.78 is 13.3. The van der Waals surface area contributed by atoms with Crippen LogP contribution in [0.3, 0.4) is 0 Å². The first-order valence-electron chi connectivity index (χ1n) is 9.36. The normalized spacial score (nSPS) is 11.1. The molecule has 29 heavy (non-hydrogen) atoms. The summed E-state index contributed by atoms with van der Waals surface area (Å²) in [6, 6.07) is 27.9. The van der Waals surface area contributed by atoms with E-state index in [1.807, 2.05) is 60.7 Å². The summed E-state index contributed by atoms with van der Waals surface area (Å²) in [7, 11) is 0. The number of aromatic amines is 1. The van der Waals surface area contributed by atoms with Crippen LogP contribution in [0.5, 0.6) is 0 Å². The number of pyridine rings is 1. The Morgan fingerprint density at radius 1 is 0.724 bits per heavy atom. The van der Waals surface area contributed by atoms with Crippen LogP contribution in [-0.2, 0) is 0 Å². The van der Waals surface area contributed by atoms with Crippen molar-refractivity contribution in [1.82, 2.24) is 4.98 Å². The summed E-state index contributed by atoms with van der Waals surface area (Å²) in [5, 5.41) is 5.72. The second-order valence-electron chi connectivity index (χ2n) is 6.94. The summed E-state index contributed by atoms with van der Waals surface area (Å²) in [5.41, 5.74) is 4.08. The van der Waals surface area contributed by atoms with Gasteiger partial charge in [0.05, 0.1) is 11.1 Å². The van der Waals surface area contributed by atoms with Crippen molar-refractivity contribution in [2.45, 2.75) is 0 Å². The predicted molar refractivity (Wildman–Crippen MR) is 117 cm³/mol. The first-order valence-corrected chi connectivity index (χ1v) is 9.36. The van der Waals surface area contributed by atoms with Gasteiger partial charge in [-0.3, -0.25) is 4.79 Å². The van der Waals surface area contributed by atoms with E-state index in [4.69, 9.17) is 0 Å². The molecule has 2 N–H and O–H groups in total. The number of hydrogen-bond acceptors (Lipinski definition) is 2. The summed E-state index contributed by atoms with van der Waals surface area (Å²) in [6.07, 6.45) is 0. The standard InChI is InChI=1S/C25H17FN2O/c26-18-10-12-19(13-11-18)27-23-15-17(16-6-2-1-3-7-16)14-21-20-8-4-5-9-22(20)28-25(29)24(21)23/h1-15,27H,(H,28,29). The number of nitrogens with one attached hydrogen (secondary N) is 2. The number of benzene rings is 4. The minimum Gasteiger partial charge on any atom is -0.355 e.